The number of hydrogen-bond donors (Lipinski definition) is 3. The molecule has 0 bridgehead atoms. The summed E-state index contributed by atoms with van der Waals surface area (Å²) in [6.07, 6.45) is 1.40. The van der Waals surface area contributed by atoms with Gasteiger partial charge in [-0.05, 0) is 6.08 Å². The average Bonchev–Trinajstić information content (AvgIpc) is 1.99. The quantitative estimate of drug-likeness (QED) is 0.278. The van der Waals surface area contributed by atoms with Gasteiger partial charge in [0.15, 0.2) is 6.17 Å². The van der Waals surface area contributed by atoms with Crippen LogP contribution in [-0.2, 0) is 15.2 Å². The molecule has 1 amide bonds. The van der Waals surface area contributed by atoms with E-state index in [1.54, 1.807) is 0 Å². The number of nitrogens with one attached hydrogen (secondary N) is 1. The van der Waals surface area contributed by atoms with Gasteiger partial charge < -0.3 is 9.80 Å². The van der Waals surface area contributed by atoms with E-state index in [-0.39, 0.29) is 12.1 Å². The first-order valence-corrected chi connectivity index (χ1v) is 5.71. The molecule has 0 fully saturated rings. The molecule has 1 atom stereocenters. The third-order valence-electron chi connectivity index (χ3n) is 1.70. The van der Waals surface area contributed by atoms with Crippen molar-refractivity contribution in [2.45, 2.75) is 13.1 Å². The standard InChI is InChI=1S/C8H16N2O.H2O4S/c1-6-8(11)9-7(2)10(3,4)5;1-5(2,3)4/h6-7H,1H2,2-5H3;(H2,1,2,3,4)/p+1. The Morgan fingerprint density at radius 2 is 1.69 bits per heavy atom. The summed E-state index contributed by atoms with van der Waals surface area (Å²) < 4.78 is 32.3. The molecule has 0 aliphatic carbocycles. The summed E-state index contributed by atoms with van der Waals surface area (Å²) >= 11 is 0. The SMILES string of the molecule is C=CC(=O)NC(C)[N+](C)(C)C.O=S(=O)(O)O. The second-order valence-corrected chi connectivity index (χ2v) is 4.85. The fraction of sp³-hybridized carbons (Fsp3) is 0.625. The van der Waals surface area contributed by atoms with E-state index < -0.39 is 10.4 Å². The predicted molar refractivity (Wildman–Crippen MR) is 60.0 cm³/mol. The van der Waals surface area contributed by atoms with Gasteiger partial charge in [0.25, 0.3) is 0 Å². The Bertz CT molecular complexity index is 323. The number of rotatable bonds is 3. The van der Waals surface area contributed by atoms with Crippen LogP contribution in [0.25, 0.3) is 0 Å². The number of hydrogen-bond acceptors (Lipinski definition) is 3. The molecule has 0 radical (unpaired) electrons. The van der Waals surface area contributed by atoms with Crippen molar-refractivity contribution in [3.8, 4) is 0 Å². The van der Waals surface area contributed by atoms with Gasteiger partial charge in [-0.1, -0.05) is 6.58 Å². The van der Waals surface area contributed by atoms with Gasteiger partial charge >= 0.3 is 10.4 Å². The van der Waals surface area contributed by atoms with Crippen LogP contribution in [0.15, 0.2) is 12.7 Å². The van der Waals surface area contributed by atoms with Crippen molar-refractivity contribution in [2.75, 3.05) is 21.1 Å². The minimum atomic E-state index is -4.67. The molecule has 0 saturated heterocycles. The normalized spacial score (nSPS) is 13.1. The molecule has 8 heteroatoms. The Hall–Kier alpha value is -0.960. The van der Waals surface area contributed by atoms with Crippen molar-refractivity contribution >= 4 is 16.3 Å². The highest BCUT2D eigenvalue weighted by molar-refractivity contribution is 7.79. The van der Waals surface area contributed by atoms with Crippen LogP contribution >= 0.6 is 0 Å². The van der Waals surface area contributed by atoms with Gasteiger partial charge in [-0.2, -0.15) is 8.42 Å². The molecule has 0 aliphatic heterocycles. The molecule has 96 valence electrons. The zero-order valence-electron chi connectivity index (χ0n) is 9.84. The van der Waals surface area contributed by atoms with E-state index >= 15 is 0 Å². The van der Waals surface area contributed by atoms with Crippen LogP contribution in [0, 0.1) is 0 Å². The van der Waals surface area contributed by atoms with E-state index in [0.717, 1.165) is 0 Å². The van der Waals surface area contributed by atoms with Crippen molar-refractivity contribution in [3.05, 3.63) is 12.7 Å². The van der Waals surface area contributed by atoms with Crippen molar-refractivity contribution in [1.29, 1.82) is 0 Å². The molecule has 0 aromatic heterocycles. The van der Waals surface area contributed by atoms with Gasteiger partial charge in [-0.25, -0.2) is 0 Å². The van der Waals surface area contributed by atoms with Crippen molar-refractivity contribution in [1.82, 2.24) is 5.32 Å². The monoisotopic (exact) mass is 255 g/mol. The lowest BCUT2D eigenvalue weighted by atomic mass is 10.4. The lowest BCUT2D eigenvalue weighted by molar-refractivity contribution is -0.896. The molecular weight excluding hydrogens is 236 g/mol. The van der Waals surface area contributed by atoms with E-state index in [1.807, 2.05) is 28.1 Å². The van der Waals surface area contributed by atoms with Gasteiger partial charge in [0.05, 0.1) is 21.1 Å². The van der Waals surface area contributed by atoms with E-state index in [2.05, 4.69) is 11.9 Å². The van der Waals surface area contributed by atoms with E-state index in [1.165, 1.54) is 6.08 Å². The van der Waals surface area contributed by atoms with Crippen LogP contribution in [0.3, 0.4) is 0 Å². The summed E-state index contributed by atoms with van der Waals surface area (Å²) in [5.41, 5.74) is 0. The summed E-state index contributed by atoms with van der Waals surface area (Å²) in [5, 5.41) is 2.78. The minimum Gasteiger partial charge on any atom is -0.312 e. The number of carbonyl (C=O) groups is 1. The number of quaternary nitrogens is 1. The van der Waals surface area contributed by atoms with Gasteiger partial charge in [-0.15, -0.1) is 0 Å². The maximum absolute atomic E-state index is 10.8. The smallest absolute Gasteiger partial charge is 0.312 e. The zero-order valence-corrected chi connectivity index (χ0v) is 10.7. The molecule has 1 unspecified atom stereocenters. The Kier molecular flexibility index (Phi) is 7.18. The molecule has 0 aromatic rings. The molecule has 0 heterocycles. The van der Waals surface area contributed by atoms with E-state index in [4.69, 9.17) is 17.5 Å². The van der Waals surface area contributed by atoms with Gasteiger partial charge in [-0.3, -0.25) is 13.9 Å². The summed E-state index contributed by atoms with van der Waals surface area (Å²) in [6, 6.07) is 0. The van der Waals surface area contributed by atoms with Crippen LogP contribution in [-0.4, -0.2) is 55.2 Å². The van der Waals surface area contributed by atoms with Crippen molar-refractivity contribution in [2.24, 2.45) is 0 Å². The van der Waals surface area contributed by atoms with Crippen molar-refractivity contribution in [3.63, 3.8) is 0 Å². The highest BCUT2D eigenvalue weighted by Gasteiger charge is 2.18. The number of carbonyl (C=O) groups excluding carboxylic acids is 1. The maximum Gasteiger partial charge on any atom is 0.394 e. The highest BCUT2D eigenvalue weighted by atomic mass is 32.3. The van der Waals surface area contributed by atoms with Crippen LogP contribution in [0.2, 0.25) is 0 Å². The lowest BCUT2D eigenvalue weighted by Crippen LogP contribution is -2.53. The zero-order chi connectivity index (χ0) is 13.6. The number of nitrogens with zero attached hydrogens (tertiary/aromatic N) is 1. The summed E-state index contributed by atoms with van der Waals surface area (Å²) in [6.45, 7) is 5.34. The fourth-order valence-corrected chi connectivity index (χ4v) is 0.458. The molecule has 0 saturated carbocycles. The molecular formula is C8H19N2O5S+. The third kappa shape index (κ3) is 15.5. The van der Waals surface area contributed by atoms with E-state index in [0.29, 0.717) is 4.48 Å². The summed E-state index contributed by atoms with van der Waals surface area (Å²) in [7, 11) is 1.40. The molecule has 0 aliphatic rings. The van der Waals surface area contributed by atoms with Crippen molar-refractivity contribution < 1.29 is 26.8 Å². The predicted octanol–water partition coefficient (Wildman–Crippen LogP) is -0.312. The van der Waals surface area contributed by atoms with E-state index in [9.17, 15) is 4.79 Å². The fourth-order valence-electron chi connectivity index (χ4n) is 0.458. The highest BCUT2D eigenvalue weighted by Crippen LogP contribution is 1.96. The third-order valence-corrected chi connectivity index (χ3v) is 1.70. The second kappa shape index (κ2) is 6.59. The Morgan fingerprint density at radius 3 is 1.88 bits per heavy atom. The van der Waals surface area contributed by atoms with Gasteiger partial charge in [0, 0.05) is 6.92 Å². The van der Waals surface area contributed by atoms with Crippen LogP contribution in [0.4, 0.5) is 0 Å². The second-order valence-electron chi connectivity index (χ2n) is 3.95. The first-order chi connectivity index (χ1) is 6.88. The number of amides is 1. The molecule has 16 heavy (non-hydrogen) atoms. The Labute approximate surface area is 95.9 Å². The average molecular weight is 255 g/mol. The van der Waals surface area contributed by atoms with Gasteiger partial charge in [0.1, 0.15) is 0 Å². The first kappa shape index (κ1) is 17.4. The summed E-state index contributed by atoms with van der Waals surface area (Å²) in [5.74, 6) is -0.120. The maximum atomic E-state index is 10.8. The Balaban J connectivity index is 0. The molecule has 0 rings (SSSR count). The topological polar surface area (TPSA) is 104 Å². The molecule has 0 aromatic carbocycles. The van der Waals surface area contributed by atoms with Crippen LogP contribution in [0.5, 0.6) is 0 Å². The molecule has 7 nitrogen and oxygen atoms in total. The molecule has 0 spiro atoms. The van der Waals surface area contributed by atoms with Crippen LogP contribution < -0.4 is 5.32 Å². The largest absolute Gasteiger partial charge is 0.394 e. The minimum absolute atomic E-state index is 0.112. The summed E-state index contributed by atoms with van der Waals surface area (Å²) in [4.78, 5) is 10.8. The Morgan fingerprint density at radius 1 is 1.38 bits per heavy atom. The van der Waals surface area contributed by atoms with Crippen LogP contribution in [0.1, 0.15) is 6.92 Å². The molecule has 3 N–H and O–H groups in total. The first-order valence-electron chi connectivity index (χ1n) is 4.32. The van der Waals surface area contributed by atoms with Gasteiger partial charge in [0.2, 0.25) is 5.91 Å². The lowest BCUT2D eigenvalue weighted by Gasteiger charge is -2.31.